The maximum Gasteiger partial charge on any atom is 0.156 e. The summed E-state index contributed by atoms with van der Waals surface area (Å²) in [5.41, 5.74) is 4.37. The molecule has 0 aromatic rings. The van der Waals surface area contributed by atoms with E-state index in [2.05, 4.69) is 26.0 Å². The van der Waals surface area contributed by atoms with Gasteiger partial charge in [0.15, 0.2) is 5.78 Å². The molecule has 0 aromatic heterocycles. The number of hydrogen-bond donors (Lipinski definition) is 1. The van der Waals surface area contributed by atoms with E-state index in [1.807, 2.05) is 0 Å². The van der Waals surface area contributed by atoms with Crippen molar-refractivity contribution in [3.63, 3.8) is 0 Å². The summed E-state index contributed by atoms with van der Waals surface area (Å²) in [6.07, 6.45) is 7.89. The number of carbonyl (C=O) groups is 1. The number of rotatable bonds is 5. The molecule has 0 saturated carbocycles. The largest absolute Gasteiger partial charge is 0.392 e. The lowest BCUT2D eigenvalue weighted by Crippen LogP contribution is -2.09. The first-order chi connectivity index (χ1) is 8.04. The molecule has 0 saturated heterocycles. The Kier molecular flexibility index (Phi) is 5.36. The van der Waals surface area contributed by atoms with Crippen molar-refractivity contribution in [3.05, 3.63) is 34.4 Å². The quantitative estimate of drug-likeness (QED) is 0.741. The van der Waals surface area contributed by atoms with E-state index in [0.717, 1.165) is 36.8 Å². The van der Waals surface area contributed by atoms with Gasteiger partial charge in [-0.3, -0.25) is 4.79 Å². The second-order valence-corrected chi connectivity index (χ2v) is 4.86. The number of ketones is 1. The highest BCUT2D eigenvalue weighted by atomic mass is 16.3. The number of aliphatic hydroxyl groups is 1. The second kappa shape index (κ2) is 6.55. The molecule has 0 bridgehead atoms. The molecule has 0 unspecified atom stereocenters. The van der Waals surface area contributed by atoms with Crippen LogP contribution in [-0.2, 0) is 4.79 Å². The Balaban J connectivity index is 2.61. The third-order valence-electron chi connectivity index (χ3n) is 3.10. The van der Waals surface area contributed by atoms with Gasteiger partial charge in [0.25, 0.3) is 0 Å². The number of aliphatic hydroxyl groups excluding tert-OH is 1. The van der Waals surface area contributed by atoms with Crippen LogP contribution >= 0.6 is 0 Å². The molecule has 1 aliphatic carbocycles. The van der Waals surface area contributed by atoms with Crippen molar-refractivity contribution in [3.8, 4) is 0 Å². The second-order valence-electron chi connectivity index (χ2n) is 4.86. The molecule has 1 N–H and O–H groups in total. The lowest BCUT2D eigenvalue weighted by molar-refractivity contribution is -0.113. The number of carbonyl (C=O) groups excluding carboxylic acids is 1. The normalized spacial score (nSPS) is 15.6. The highest BCUT2D eigenvalue weighted by Gasteiger charge is 2.16. The molecular formula is C15H22O2. The molecule has 0 aliphatic heterocycles. The first-order valence-corrected chi connectivity index (χ1v) is 6.18. The maximum atomic E-state index is 11.5. The molecule has 2 nitrogen and oxygen atoms in total. The third kappa shape index (κ3) is 4.31. The summed E-state index contributed by atoms with van der Waals surface area (Å²) < 4.78 is 0. The van der Waals surface area contributed by atoms with E-state index in [1.165, 1.54) is 11.1 Å². The average Bonchev–Trinajstić information content (AvgIpc) is 2.28. The summed E-state index contributed by atoms with van der Waals surface area (Å²) in [6.45, 7) is 5.79. The van der Waals surface area contributed by atoms with Crippen molar-refractivity contribution < 1.29 is 9.90 Å². The van der Waals surface area contributed by atoms with Gasteiger partial charge in [0.05, 0.1) is 6.61 Å². The average molecular weight is 234 g/mol. The smallest absolute Gasteiger partial charge is 0.156 e. The van der Waals surface area contributed by atoms with Crippen LogP contribution in [0.15, 0.2) is 34.4 Å². The first-order valence-electron chi connectivity index (χ1n) is 6.18. The molecule has 1 aliphatic rings. The van der Waals surface area contributed by atoms with Gasteiger partial charge in [-0.2, -0.15) is 0 Å². The monoisotopic (exact) mass is 234 g/mol. The van der Waals surface area contributed by atoms with Crippen molar-refractivity contribution >= 4 is 5.78 Å². The first kappa shape index (κ1) is 13.9. The molecule has 0 aromatic carbocycles. The molecule has 0 amide bonds. The predicted molar refractivity (Wildman–Crippen MR) is 70.8 cm³/mol. The molecule has 0 heterocycles. The van der Waals surface area contributed by atoms with Crippen LogP contribution in [0.1, 0.15) is 46.5 Å². The minimum absolute atomic E-state index is 0.00661. The summed E-state index contributed by atoms with van der Waals surface area (Å²) in [4.78, 5) is 11.5. The van der Waals surface area contributed by atoms with Crippen LogP contribution in [0.25, 0.3) is 0 Å². The van der Waals surface area contributed by atoms with Crippen LogP contribution in [0.5, 0.6) is 0 Å². The Morgan fingerprint density at radius 1 is 1.41 bits per heavy atom. The van der Waals surface area contributed by atoms with Gasteiger partial charge < -0.3 is 5.11 Å². The summed E-state index contributed by atoms with van der Waals surface area (Å²) in [5, 5.41) is 9.20. The zero-order valence-corrected chi connectivity index (χ0v) is 11.0. The molecule has 17 heavy (non-hydrogen) atoms. The van der Waals surface area contributed by atoms with E-state index in [9.17, 15) is 9.90 Å². The van der Waals surface area contributed by atoms with Crippen LogP contribution in [0, 0.1) is 0 Å². The van der Waals surface area contributed by atoms with E-state index < -0.39 is 0 Å². The minimum atomic E-state index is 0.00661. The van der Waals surface area contributed by atoms with E-state index in [1.54, 1.807) is 6.92 Å². The van der Waals surface area contributed by atoms with Gasteiger partial charge in [0.1, 0.15) is 0 Å². The molecule has 0 spiro atoms. The summed E-state index contributed by atoms with van der Waals surface area (Å²) in [5.74, 6) is 0.0989. The van der Waals surface area contributed by atoms with E-state index in [0.29, 0.717) is 0 Å². The van der Waals surface area contributed by atoms with E-state index >= 15 is 0 Å². The SMILES string of the molecule is CC(=O)C1=C(CO)CC=C(CCC=C(C)C)C1. The topological polar surface area (TPSA) is 37.3 Å². The summed E-state index contributed by atoms with van der Waals surface area (Å²) >= 11 is 0. The Morgan fingerprint density at radius 3 is 2.65 bits per heavy atom. The number of hydrogen-bond acceptors (Lipinski definition) is 2. The van der Waals surface area contributed by atoms with Gasteiger partial charge in [0, 0.05) is 5.57 Å². The molecular weight excluding hydrogens is 212 g/mol. The fourth-order valence-electron chi connectivity index (χ4n) is 2.09. The van der Waals surface area contributed by atoms with Gasteiger partial charge in [-0.25, -0.2) is 0 Å². The Hall–Kier alpha value is -1.15. The van der Waals surface area contributed by atoms with Gasteiger partial charge in [-0.15, -0.1) is 0 Å². The Bertz CT molecular complexity index is 380. The fourth-order valence-corrected chi connectivity index (χ4v) is 2.09. The zero-order chi connectivity index (χ0) is 12.8. The van der Waals surface area contributed by atoms with Crippen LogP contribution in [0.4, 0.5) is 0 Å². The van der Waals surface area contributed by atoms with Gasteiger partial charge in [-0.1, -0.05) is 23.3 Å². The van der Waals surface area contributed by atoms with Crippen molar-refractivity contribution in [2.45, 2.75) is 46.5 Å². The lowest BCUT2D eigenvalue weighted by atomic mass is 9.88. The maximum absolute atomic E-state index is 11.5. The summed E-state index contributed by atoms with van der Waals surface area (Å²) in [7, 11) is 0. The van der Waals surface area contributed by atoms with Crippen molar-refractivity contribution in [1.29, 1.82) is 0 Å². The molecule has 0 atom stereocenters. The van der Waals surface area contributed by atoms with Crippen molar-refractivity contribution in [2.24, 2.45) is 0 Å². The molecule has 1 rings (SSSR count). The fraction of sp³-hybridized carbons (Fsp3) is 0.533. The van der Waals surface area contributed by atoms with Crippen molar-refractivity contribution in [1.82, 2.24) is 0 Å². The highest BCUT2D eigenvalue weighted by molar-refractivity contribution is 5.94. The minimum Gasteiger partial charge on any atom is -0.392 e. The van der Waals surface area contributed by atoms with Crippen molar-refractivity contribution in [2.75, 3.05) is 6.61 Å². The van der Waals surface area contributed by atoms with Gasteiger partial charge >= 0.3 is 0 Å². The van der Waals surface area contributed by atoms with Crippen LogP contribution in [0.2, 0.25) is 0 Å². The highest BCUT2D eigenvalue weighted by Crippen LogP contribution is 2.27. The molecule has 94 valence electrons. The number of Topliss-reactive ketones (excluding diaryl/α,β-unsaturated/α-hetero) is 1. The lowest BCUT2D eigenvalue weighted by Gasteiger charge is -2.18. The zero-order valence-electron chi connectivity index (χ0n) is 11.0. The van der Waals surface area contributed by atoms with Crippen LogP contribution < -0.4 is 0 Å². The Labute approximate surface area is 104 Å². The van der Waals surface area contributed by atoms with Crippen LogP contribution in [-0.4, -0.2) is 17.5 Å². The Morgan fingerprint density at radius 2 is 2.12 bits per heavy atom. The molecule has 0 radical (unpaired) electrons. The third-order valence-corrected chi connectivity index (χ3v) is 3.10. The van der Waals surface area contributed by atoms with Gasteiger partial charge in [-0.05, 0) is 52.0 Å². The number of allylic oxidation sites excluding steroid dienone is 5. The van der Waals surface area contributed by atoms with Crippen LogP contribution in [0.3, 0.4) is 0 Å². The molecule has 0 fully saturated rings. The van der Waals surface area contributed by atoms with E-state index in [4.69, 9.17) is 0 Å². The summed E-state index contributed by atoms with van der Waals surface area (Å²) in [6, 6.07) is 0. The van der Waals surface area contributed by atoms with E-state index in [-0.39, 0.29) is 12.4 Å². The standard InChI is InChI=1S/C15H22O2/c1-11(2)5-4-6-13-7-8-14(10-16)15(9-13)12(3)17/h5,7,16H,4,6,8-10H2,1-3H3. The van der Waals surface area contributed by atoms with Gasteiger partial charge in [0.2, 0.25) is 0 Å². The molecule has 2 heteroatoms. The predicted octanol–water partition coefficient (Wildman–Crippen LogP) is 3.33.